The first-order valence-corrected chi connectivity index (χ1v) is 8.08. The van der Waals surface area contributed by atoms with Crippen LogP contribution in [0, 0.1) is 11.7 Å². The largest absolute Gasteiger partial charge is 0.484 e. The fraction of sp³-hybridized carbons (Fsp3) is 0.529. The van der Waals surface area contributed by atoms with Crippen molar-refractivity contribution in [3.63, 3.8) is 0 Å². The number of likely N-dealkylation sites (tertiary alicyclic amines) is 1. The van der Waals surface area contributed by atoms with Gasteiger partial charge in [0.1, 0.15) is 19.3 Å². The summed E-state index contributed by atoms with van der Waals surface area (Å²) in [4.78, 5) is 27.2. The molecule has 1 aromatic rings. The Morgan fingerprint density at radius 1 is 1.38 bits per heavy atom. The number of para-hydroxylation sites is 1. The van der Waals surface area contributed by atoms with Crippen molar-refractivity contribution in [3.8, 4) is 5.75 Å². The van der Waals surface area contributed by atoms with Gasteiger partial charge in [0.15, 0.2) is 11.6 Å². The number of amides is 2. The lowest BCUT2D eigenvalue weighted by Crippen LogP contribution is -2.58. The van der Waals surface area contributed by atoms with E-state index in [9.17, 15) is 14.0 Å². The van der Waals surface area contributed by atoms with Crippen LogP contribution in [0.3, 0.4) is 0 Å². The number of cyclic esters (lactones) is 1. The number of carbonyl (C=O) groups excluding carboxylic acids is 2. The Morgan fingerprint density at radius 3 is 2.75 bits per heavy atom. The molecule has 0 spiro atoms. The van der Waals surface area contributed by atoms with E-state index >= 15 is 0 Å². The molecule has 6 nitrogen and oxygen atoms in total. The van der Waals surface area contributed by atoms with E-state index in [0.717, 1.165) is 0 Å². The Morgan fingerprint density at radius 2 is 2.08 bits per heavy atom. The molecule has 2 aliphatic rings. The highest BCUT2D eigenvalue weighted by Gasteiger charge is 2.39. The molecule has 2 saturated heterocycles. The predicted octanol–water partition coefficient (Wildman–Crippen LogP) is 1.89. The van der Waals surface area contributed by atoms with Gasteiger partial charge in [0.2, 0.25) is 5.91 Å². The van der Waals surface area contributed by atoms with Crippen LogP contribution < -0.4 is 4.74 Å². The van der Waals surface area contributed by atoms with Crippen LogP contribution in [0.4, 0.5) is 9.18 Å². The van der Waals surface area contributed by atoms with E-state index in [0.29, 0.717) is 19.7 Å². The normalized spacial score (nSPS) is 21.0. The molecule has 24 heavy (non-hydrogen) atoms. The predicted molar refractivity (Wildman–Crippen MR) is 84.1 cm³/mol. The van der Waals surface area contributed by atoms with Gasteiger partial charge in [-0.3, -0.25) is 9.69 Å². The monoisotopic (exact) mass is 336 g/mol. The summed E-state index contributed by atoms with van der Waals surface area (Å²) >= 11 is 0. The summed E-state index contributed by atoms with van der Waals surface area (Å²) in [5, 5.41) is 0. The van der Waals surface area contributed by atoms with Crippen molar-refractivity contribution in [2.24, 2.45) is 5.92 Å². The highest BCUT2D eigenvalue weighted by Crippen LogP contribution is 2.23. The summed E-state index contributed by atoms with van der Waals surface area (Å²) in [5.41, 5.74) is 0. The molecule has 1 atom stereocenters. The van der Waals surface area contributed by atoms with Crippen LogP contribution in [0.1, 0.15) is 13.8 Å². The third-order valence-electron chi connectivity index (χ3n) is 4.42. The van der Waals surface area contributed by atoms with Crippen LogP contribution in [-0.2, 0) is 9.53 Å². The maximum atomic E-state index is 13.5. The molecule has 0 saturated carbocycles. The maximum Gasteiger partial charge on any atom is 0.410 e. The van der Waals surface area contributed by atoms with Crippen molar-refractivity contribution in [3.05, 3.63) is 30.1 Å². The Bertz CT molecular complexity index is 631. The van der Waals surface area contributed by atoms with Crippen LogP contribution in [-0.4, -0.2) is 60.2 Å². The van der Waals surface area contributed by atoms with Gasteiger partial charge in [0.05, 0.1) is 19.1 Å². The van der Waals surface area contributed by atoms with Crippen molar-refractivity contribution in [2.45, 2.75) is 26.0 Å². The summed E-state index contributed by atoms with van der Waals surface area (Å²) in [5.74, 6) is -0.148. The number of carbonyl (C=O) groups is 2. The fourth-order valence-corrected chi connectivity index (χ4v) is 2.88. The van der Waals surface area contributed by atoms with Gasteiger partial charge in [-0.05, 0) is 18.1 Å². The Labute approximate surface area is 140 Å². The molecule has 2 aliphatic heterocycles. The molecule has 1 aromatic carbocycles. The Balaban J connectivity index is 1.50. The van der Waals surface area contributed by atoms with E-state index in [4.69, 9.17) is 9.47 Å². The van der Waals surface area contributed by atoms with Crippen LogP contribution in [0.25, 0.3) is 0 Å². The fourth-order valence-electron chi connectivity index (χ4n) is 2.88. The SMILES string of the molecule is CC(C)[C@H]1COC(=O)N1CC(=O)N1CC(Oc2ccccc2F)C1. The minimum atomic E-state index is -0.443. The number of nitrogens with zero attached hydrogens (tertiary/aromatic N) is 2. The first-order valence-electron chi connectivity index (χ1n) is 8.08. The lowest BCUT2D eigenvalue weighted by atomic mass is 10.0. The molecular weight excluding hydrogens is 315 g/mol. The van der Waals surface area contributed by atoms with Crippen LogP contribution in [0.15, 0.2) is 24.3 Å². The quantitative estimate of drug-likeness (QED) is 0.824. The second-order valence-corrected chi connectivity index (χ2v) is 6.49. The van der Waals surface area contributed by atoms with Crippen LogP contribution in [0.2, 0.25) is 0 Å². The number of ether oxygens (including phenoxy) is 2. The molecule has 0 N–H and O–H groups in total. The van der Waals surface area contributed by atoms with E-state index in [1.54, 1.807) is 23.1 Å². The average Bonchev–Trinajstić information content (AvgIpc) is 2.85. The van der Waals surface area contributed by atoms with Crippen molar-refractivity contribution >= 4 is 12.0 Å². The molecule has 0 radical (unpaired) electrons. The third kappa shape index (κ3) is 3.29. The first kappa shape index (κ1) is 16.5. The van der Waals surface area contributed by atoms with Crippen molar-refractivity contribution in [1.82, 2.24) is 9.80 Å². The molecule has 0 aliphatic carbocycles. The average molecular weight is 336 g/mol. The van der Waals surface area contributed by atoms with Crippen LogP contribution in [0.5, 0.6) is 5.75 Å². The van der Waals surface area contributed by atoms with Gasteiger partial charge in [-0.25, -0.2) is 9.18 Å². The van der Waals surface area contributed by atoms with Crippen molar-refractivity contribution < 1.29 is 23.5 Å². The lowest BCUT2D eigenvalue weighted by molar-refractivity contribution is -0.141. The minimum absolute atomic E-state index is 0.00803. The van der Waals surface area contributed by atoms with E-state index in [1.165, 1.54) is 11.0 Å². The topological polar surface area (TPSA) is 59.1 Å². The smallest absolute Gasteiger partial charge is 0.410 e. The molecule has 2 heterocycles. The Kier molecular flexibility index (Phi) is 4.59. The van der Waals surface area contributed by atoms with Gasteiger partial charge in [-0.2, -0.15) is 0 Å². The standard InChI is InChI=1S/C17H21FN2O4/c1-11(2)14-10-23-17(22)20(14)9-16(21)19-7-12(8-19)24-15-6-4-3-5-13(15)18/h3-6,11-12,14H,7-10H2,1-2H3/t14-/m1/s1. The van der Waals surface area contributed by atoms with Crippen LogP contribution >= 0.6 is 0 Å². The summed E-state index contributed by atoms with van der Waals surface area (Å²) in [7, 11) is 0. The summed E-state index contributed by atoms with van der Waals surface area (Å²) in [6.45, 7) is 5.10. The number of hydrogen-bond donors (Lipinski definition) is 0. The Hall–Kier alpha value is -2.31. The van der Waals surface area contributed by atoms with E-state index in [2.05, 4.69) is 0 Å². The van der Waals surface area contributed by atoms with Gasteiger partial charge in [-0.1, -0.05) is 26.0 Å². The lowest BCUT2D eigenvalue weighted by Gasteiger charge is -2.40. The molecular formula is C17H21FN2O4. The summed E-state index contributed by atoms with van der Waals surface area (Å²) < 4.78 is 24.1. The highest BCUT2D eigenvalue weighted by atomic mass is 19.1. The molecule has 0 aromatic heterocycles. The molecule has 3 rings (SSSR count). The minimum Gasteiger partial charge on any atom is -0.484 e. The highest BCUT2D eigenvalue weighted by molar-refractivity contribution is 5.83. The third-order valence-corrected chi connectivity index (χ3v) is 4.42. The van der Waals surface area contributed by atoms with Crippen molar-refractivity contribution in [2.75, 3.05) is 26.2 Å². The van der Waals surface area contributed by atoms with Crippen molar-refractivity contribution in [1.29, 1.82) is 0 Å². The van der Waals surface area contributed by atoms with Gasteiger partial charge >= 0.3 is 6.09 Å². The first-order chi connectivity index (χ1) is 11.5. The number of halogens is 1. The molecule has 0 unspecified atom stereocenters. The maximum absolute atomic E-state index is 13.5. The van der Waals surface area contributed by atoms with E-state index in [1.807, 2.05) is 13.8 Å². The molecule has 7 heteroatoms. The second-order valence-electron chi connectivity index (χ2n) is 6.49. The molecule has 130 valence electrons. The zero-order chi connectivity index (χ0) is 17.3. The number of rotatable bonds is 5. The summed E-state index contributed by atoms with van der Waals surface area (Å²) in [6, 6.07) is 6.12. The number of hydrogen-bond acceptors (Lipinski definition) is 4. The van der Waals surface area contributed by atoms with E-state index in [-0.39, 0.29) is 36.3 Å². The second kappa shape index (κ2) is 6.67. The zero-order valence-electron chi connectivity index (χ0n) is 13.8. The van der Waals surface area contributed by atoms with Gasteiger partial charge < -0.3 is 14.4 Å². The van der Waals surface area contributed by atoms with Gasteiger partial charge in [-0.15, -0.1) is 0 Å². The summed E-state index contributed by atoms with van der Waals surface area (Å²) in [6.07, 6.45) is -0.668. The molecule has 0 bridgehead atoms. The van der Waals surface area contributed by atoms with Gasteiger partial charge in [0.25, 0.3) is 0 Å². The zero-order valence-corrected chi connectivity index (χ0v) is 13.8. The number of benzene rings is 1. The molecule has 2 fully saturated rings. The van der Waals surface area contributed by atoms with Gasteiger partial charge in [0, 0.05) is 0 Å². The van der Waals surface area contributed by atoms with E-state index < -0.39 is 11.9 Å². The molecule has 2 amide bonds.